The van der Waals surface area contributed by atoms with Gasteiger partial charge in [0, 0.05) is 0 Å². The molecule has 0 saturated carbocycles. The zero-order valence-corrected chi connectivity index (χ0v) is 12.6. The average Bonchev–Trinajstić information content (AvgIpc) is 2.41. The fourth-order valence-corrected chi connectivity index (χ4v) is 1.60. The first kappa shape index (κ1) is 16.5. The molecular formula is C16H25NO3. The fraction of sp³-hybridized carbons (Fsp3) is 0.500. The van der Waals surface area contributed by atoms with E-state index in [9.17, 15) is 5.11 Å². The Morgan fingerprint density at radius 1 is 1.35 bits per heavy atom. The van der Waals surface area contributed by atoms with Gasteiger partial charge in [-0.1, -0.05) is 25.6 Å². The lowest BCUT2D eigenvalue weighted by atomic mass is 10.3. The number of ether oxygens (including phenoxy) is 2. The molecule has 112 valence electrons. The molecular weight excluding hydrogens is 254 g/mol. The van der Waals surface area contributed by atoms with Gasteiger partial charge in [-0.05, 0) is 44.5 Å². The zero-order valence-electron chi connectivity index (χ0n) is 12.6. The largest absolute Gasteiger partial charge is 0.485 e. The fourth-order valence-electron chi connectivity index (χ4n) is 1.60. The van der Waals surface area contributed by atoms with Crippen LogP contribution in [0.2, 0.25) is 0 Å². The van der Waals surface area contributed by atoms with Gasteiger partial charge in [-0.3, -0.25) is 5.32 Å². The van der Waals surface area contributed by atoms with E-state index in [4.69, 9.17) is 9.47 Å². The molecule has 0 saturated heterocycles. The van der Waals surface area contributed by atoms with Crippen molar-refractivity contribution in [3.05, 3.63) is 36.4 Å². The average molecular weight is 279 g/mol. The van der Waals surface area contributed by atoms with Crippen LogP contribution in [0.1, 0.15) is 27.2 Å². The van der Waals surface area contributed by atoms with Crippen molar-refractivity contribution in [1.82, 2.24) is 5.32 Å². The highest BCUT2D eigenvalue weighted by atomic mass is 16.5. The highest BCUT2D eigenvalue weighted by Crippen LogP contribution is 2.27. The van der Waals surface area contributed by atoms with Crippen molar-refractivity contribution in [2.24, 2.45) is 0 Å². The summed E-state index contributed by atoms with van der Waals surface area (Å²) in [6.07, 6.45) is -0.0966. The SMILES string of the molecule is C=C(C)COc1ccccc1OC(NCCC)C(C)O. The highest BCUT2D eigenvalue weighted by molar-refractivity contribution is 5.39. The van der Waals surface area contributed by atoms with Gasteiger partial charge >= 0.3 is 0 Å². The van der Waals surface area contributed by atoms with Crippen LogP contribution in [0.4, 0.5) is 0 Å². The zero-order chi connectivity index (χ0) is 15.0. The van der Waals surface area contributed by atoms with Crippen LogP contribution in [0.25, 0.3) is 0 Å². The Morgan fingerprint density at radius 2 is 2.00 bits per heavy atom. The Morgan fingerprint density at radius 3 is 2.55 bits per heavy atom. The minimum Gasteiger partial charge on any atom is -0.485 e. The maximum absolute atomic E-state index is 9.77. The molecule has 2 unspecified atom stereocenters. The van der Waals surface area contributed by atoms with E-state index in [1.165, 1.54) is 0 Å². The molecule has 0 fully saturated rings. The van der Waals surface area contributed by atoms with Gasteiger partial charge in [0.05, 0.1) is 0 Å². The van der Waals surface area contributed by atoms with E-state index < -0.39 is 12.3 Å². The molecule has 0 aromatic heterocycles. The molecule has 0 amide bonds. The van der Waals surface area contributed by atoms with Crippen LogP contribution in [-0.2, 0) is 0 Å². The van der Waals surface area contributed by atoms with Crippen LogP contribution in [0, 0.1) is 0 Å². The summed E-state index contributed by atoms with van der Waals surface area (Å²) in [5.41, 5.74) is 0.941. The minimum atomic E-state index is -0.615. The van der Waals surface area contributed by atoms with Crippen molar-refractivity contribution < 1.29 is 14.6 Å². The van der Waals surface area contributed by atoms with E-state index in [0.717, 1.165) is 18.5 Å². The Balaban J connectivity index is 2.75. The van der Waals surface area contributed by atoms with Crippen LogP contribution in [0.3, 0.4) is 0 Å². The molecule has 0 heterocycles. The Bertz CT molecular complexity index is 418. The molecule has 0 bridgehead atoms. The number of rotatable bonds is 9. The molecule has 20 heavy (non-hydrogen) atoms. The molecule has 0 aliphatic carbocycles. The molecule has 2 atom stereocenters. The molecule has 1 aromatic rings. The van der Waals surface area contributed by atoms with Gasteiger partial charge in [-0.25, -0.2) is 0 Å². The van der Waals surface area contributed by atoms with Gasteiger partial charge in [-0.2, -0.15) is 0 Å². The standard InChI is InChI=1S/C16H25NO3/c1-5-10-17-16(13(4)18)20-15-9-7-6-8-14(15)19-11-12(2)3/h6-9,13,16-18H,2,5,10-11H2,1,3-4H3. The second-order valence-corrected chi connectivity index (χ2v) is 4.93. The number of hydrogen-bond acceptors (Lipinski definition) is 4. The molecule has 4 heteroatoms. The summed E-state index contributed by atoms with van der Waals surface area (Å²) in [5, 5.41) is 12.9. The predicted molar refractivity (Wildman–Crippen MR) is 81.1 cm³/mol. The summed E-state index contributed by atoms with van der Waals surface area (Å²) in [5.74, 6) is 1.27. The van der Waals surface area contributed by atoms with Gasteiger partial charge in [0.1, 0.15) is 12.7 Å². The Hall–Kier alpha value is -1.52. The van der Waals surface area contributed by atoms with Crippen molar-refractivity contribution in [2.45, 2.75) is 39.5 Å². The van der Waals surface area contributed by atoms with Crippen molar-refractivity contribution in [2.75, 3.05) is 13.2 Å². The molecule has 0 spiro atoms. The van der Waals surface area contributed by atoms with Crippen LogP contribution < -0.4 is 14.8 Å². The lowest BCUT2D eigenvalue weighted by molar-refractivity contribution is 0.0254. The topological polar surface area (TPSA) is 50.7 Å². The van der Waals surface area contributed by atoms with Crippen molar-refractivity contribution in [3.63, 3.8) is 0 Å². The first-order valence-corrected chi connectivity index (χ1v) is 6.99. The van der Waals surface area contributed by atoms with Crippen LogP contribution in [-0.4, -0.2) is 30.6 Å². The van der Waals surface area contributed by atoms with Gasteiger partial charge in [0.25, 0.3) is 0 Å². The van der Waals surface area contributed by atoms with E-state index in [1.807, 2.05) is 31.2 Å². The van der Waals surface area contributed by atoms with Crippen LogP contribution in [0.5, 0.6) is 11.5 Å². The van der Waals surface area contributed by atoms with Gasteiger partial charge in [0.2, 0.25) is 0 Å². The Kier molecular flexibility index (Phi) is 7.12. The van der Waals surface area contributed by atoms with E-state index >= 15 is 0 Å². The smallest absolute Gasteiger partial charge is 0.176 e. The highest BCUT2D eigenvalue weighted by Gasteiger charge is 2.17. The summed E-state index contributed by atoms with van der Waals surface area (Å²) < 4.78 is 11.5. The van der Waals surface area contributed by atoms with E-state index in [2.05, 4.69) is 18.8 Å². The number of aliphatic hydroxyl groups excluding tert-OH is 1. The third kappa shape index (κ3) is 5.63. The summed E-state index contributed by atoms with van der Waals surface area (Å²) in [6.45, 7) is 10.7. The summed E-state index contributed by atoms with van der Waals surface area (Å²) in [6, 6.07) is 7.44. The molecule has 2 N–H and O–H groups in total. The number of benzene rings is 1. The summed E-state index contributed by atoms with van der Waals surface area (Å²) >= 11 is 0. The number of aliphatic hydroxyl groups is 1. The van der Waals surface area contributed by atoms with Gasteiger partial charge < -0.3 is 14.6 Å². The Labute approximate surface area is 121 Å². The van der Waals surface area contributed by atoms with Crippen LogP contribution >= 0.6 is 0 Å². The normalized spacial score (nSPS) is 13.6. The number of hydrogen-bond donors (Lipinski definition) is 2. The van der Waals surface area contributed by atoms with Crippen molar-refractivity contribution in [3.8, 4) is 11.5 Å². The second kappa shape index (κ2) is 8.61. The molecule has 1 aromatic carbocycles. The maximum Gasteiger partial charge on any atom is 0.176 e. The van der Waals surface area contributed by atoms with Crippen molar-refractivity contribution in [1.29, 1.82) is 0 Å². The van der Waals surface area contributed by atoms with E-state index in [0.29, 0.717) is 18.1 Å². The third-order valence-electron chi connectivity index (χ3n) is 2.61. The minimum absolute atomic E-state index is 0.447. The molecule has 0 aliphatic rings. The van der Waals surface area contributed by atoms with Crippen molar-refractivity contribution >= 4 is 0 Å². The number of nitrogens with one attached hydrogen (secondary N) is 1. The quantitative estimate of drug-likeness (QED) is 0.539. The van der Waals surface area contributed by atoms with Crippen LogP contribution in [0.15, 0.2) is 36.4 Å². The number of para-hydroxylation sites is 2. The third-order valence-corrected chi connectivity index (χ3v) is 2.61. The monoisotopic (exact) mass is 279 g/mol. The lowest BCUT2D eigenvalue weighted by Crippen LogP contribution is -2.43. The molecule has 0 radical (unpaired) electrons. The van der Waals surface area contributed by atoms with E-state index in [1.54, 1.807) is 6.92 Å². The van der Waals surface area contributed by atoms with Gasteiger partial charge in [-0.15, -0.1) is 0 Å². The summed E-state index contributed by atoms with van der Waals surface area (Å²) in [4.78, 5) is 0. The first-order chi connectivity index (χ1) is 9.54. The molecule has 0 aliphatic heterocycles. The predicted octanol–water partition coefficient (Wildman–Crippen LogP) is 2.73. The van der Waals surface area contributed by atoms with Gasteiger partial charge in [0.15, 0.2) is 17.7 Å². The molecule has 1 rings (SSSR count). The second-order valence-electron chi connectivity index (χ2n) is 4.93. The lowest BCUT2D eigenvalue weighted by Gasteiger charge is -2.24. The summed E-state index contributed by atoms with van der Waals surface area (Å²) in [7, 11) is 0. The first-order valence-electron chi connectivity index (χ1n) is 6.99. The maximum atomic E-state index is 9.77. The van der Waals surface area contributed by atoms with E-state index in [-0.39, 0.29) is 0 Å². The molecule has 4 nitrogen and oxygen atoms in total.